The average molecular weight is 324 g/mol. The largest absolute Gasteiger partial charge is 0.464 e. The summed E-state index contributed by atoms with van der Waals surface area (Å²) in [5, 5.41) is 10.6. The highest BCUT2D eigenvalue weighted by Gasteiger charge is 2.49. The van der Waals surface area contributed by atoms with E-state index in [0.717, 1.165) is 55.4 Å². The maximum Gasteiger partial charge on any atom is 0.354 e. The lowest BCUT2D eigenvalue weighted by atomic mass is 9.89. The Bertz CT molecular complexity index is 836. The number of nitrogens with zero attached hydrogens (tertiary/aromatic N) is 1. The van der Waals surface area contributed by atoms with Crippen LogP contribution in [-0.4, -0.2) is 31.3 Å². The molecule has 2 aromatic rings. The first kappa shape index (κ1) is 15.2. The van der Waals surface area contributed by atoms with Crippen LogP contribution in [0.5, 0.6) is 0 Å². The Morgan fingerprint density at radius 3 is 2.75 bits per heavy atom. The van der Waals surface area contributed by atoms with Gasteiger partial charge in [-0.05, 0) is 43.2 Å². The molecule has 124 valence electrons. The molecule has 4 rings (SSSR count). The van der Waals surface area contributed by atoms with E-state index in [1.54, 1.807) is 0 Å². The van der Waals surface area contributed by atoms with E-state index < -0.39 is 11.4 Å². The van der Waals surface area contributed by atoms with E-state index in [4.69, 9.17) is 9.47 Å². The van der Waals surface area contributed by atoms with Crippen LogP contribution in [0.2, 0.25) is 0 Å². The van der Waals surface area contributed by atoms with E-state index in [1.165, 1.54) is 12.7 Å². The van der Waals surface area contributed by atoms with Crippen molar-refractivity contribution in [2.45, 2.75) is 37.0 Å². The molecular weight excluding hydrogens is 304 g/mol. The number of esters is 1. The van der Waals surface area contributed by atoms with Gasteiger partial charge in [0.25, 0.3) is 0 Å². The van der Waals surface area contributed by atoms with Crippen molar-refractivity contribution in [1.82, 2.24) is 4.98 Å². The van der Waals surface area contributed by atoms with Gasteiger partial charge in [-0.3, -0.25) is 0 Å². The molecule has 1 saturated carbocycles. The minimum Gasteiger partial charge on any atom is -0.464 e. The standard InChI is InChI=1S/C19H20N2O3/c1-23-18(22)17-16(19(11-20)6-7-19)14-3-2-13(10-15(14)21-17)12-4-8-24-9-5-12/h2-3,10,12,21H,4-9H2,1H3. The van der Waals surface area contributed by atoms with Crippen molar-refractivity contribution in [3.8, 4) is 6.07 Å². The maximum absolute atomic E-state index is 12.2. The Morgan fingerprint density at radius 2 is 2.12 bits per heavy atom. The highest BCUT2D eigenvalue weighted by molar-refractivity contribution is 6.00. The maximum atomic E-state index is 12.2. The normalized spacial score (nSPS) is 19.8. The number of hydrogen-bond acceptors (Lipinski definition) is 4. The van der Waals surface area contributed by atoms with Crippen molar-refractivity contribution in [1.29, 1.82) is 5.26 Å². The molecule has 1 aliphatic carbocycles. The van der Waals surface area contributed by atoms with Gasteiger partial charge in [0.1, 0.15) is 5.69 Å². The number of hydrogen-bond donors (Lipinski definition) is 1. The molecule has 0 atom stereocenters. The summed E-state index contributed by atoms with van der Waals surface area (Å²) in [6.45, 7) is 1.59. The summed E-state index contributed by atoms with van der Waals surface area (Å²) in [7, 11) is 1.37. The summed E-state index contributed by atoms with van der Waals surface area (Å²) < 4.78 is 10.4. The third kappa shape index (κ3) is 2.30. The number of aromatic amines is 1. The van der Waals surface area contributed by atoms with Gasteiger partial charge in [0.2, 0.25) is 0 Å². The monoisotopic (exact) mass is 324 g/mol. The van der Waals surface area contributed by atoms with Gasteiger partial charge in [0.05, 0.1) is 18.6 Å². The van der Waals surface area contributed by atoms with Crippen LogP contribution in [-0.2, 0) is 14.9 Å². The molecule has 2 fully saturated rings. The Labute approximate surface area is 140 Å². The van der Waals surface area contributed by atoms with Gasteiger partial charge in [0.15, 0.2) is 0 Å². The summed E-state index contributed by atoms with van der Waals surface area (Å²) >= 11 is 0. The molecule has 0 unspecified atom stereocenters. The second-order valence-electron chi connectivity index (χ2n) is 6.75. The van der Waals surface area contributed by atoms with E-state index in [1.807, 2.05) is 0 Å². The van der Waals surface area contributed by atoms with Crippen molar-refractivity contribution in [3.05, 3.63) is 35.0 Å². The number of fused-ring (bicyclic) bond motifs is 1. The average Bonchev–Trinajstić information content (AvgIpc) is 3.34. The molecule has 5 nitrogen and oxygen atoms in total. The molecule has 0 bridgehead atoms. The molecule has 1 aromatic carbocycles. The topological polar surface area (TPSA) is 75.1 Å². The second kappa shape index (κ2) is 5.64. The van der Waals surface area contributed by atoms with E-state index in [9.17, 15) is 10.1 Å². The van der Waals surface area contributed by atoms with Crippen LogP contribution < -0.4 is 0 Å². The van der Waals surface area contributed by atoms with Gasteiger partial charge < -0.3 is 14.5 Å². The van der Waals surface area contributed by atoms with Crippen molar-refractivity contribution < 1.29 is 14.3 Å². The first-order valence-electron chi connectivity index (χ1n) is 8.42. The number of benzene rings is 1. The number of carbonyl (C=O) groups is 1. The molecule has 0 amide bonds. The lowest BCUT2D eigenvalue weighted by molar-refractivity contribution is 0.0593. The lowest BCUT2D eigenvalue weighted by Crippen LogP contribution is -2.14. The number of nitriles is 1. The highest BCUT2D eigenvalue weighted by Crippen LogP contribution is 2.51. The van der Waals surface area contributed by atoms with Gasteiger partial charge in [0, 0.05) is 29.7 Å². The van der Waals surface area contributed by atoms with Gasteiger partial charge in [-0.15, -0.1) is 0 Å². The number of nitrogens with one attached hydrogen (secondary N) is 1. The van der Waals surface area contributed by atoms with Crippen LogP contribution in [0.25, 0.3) is 10.9 Å². The molecular formula is C19H20N2O3. The number of methoxy groups -OCH3 is 1. The van der Waals surface area contributed by atoms with E-state index in [-0.39, 0.29) is 0 Å². The summed E-state index contributed by atoms with van der Waals surface area (Å²) in [5.41, 5.74) is 2.87. The van der Waals surface area contributed by atoms with Crippen LogP contribution in [0.4, 0.5) is 0 Å². The number of carbonyl (C=O) groups excluding carboxylic acids is 1. The Balaban J connectivity index is 1.84. The number of H-pyrrole nitrogens is 1. The van der Waals surface area contributed by atoms with Gasteiger partial charge >= 0.3 is 5.97 Å². The van der Waals surface area contributed by atoms with Crippen LogP contribution in [0, 0.1) is 11.3 Å². The number of ether oxygens (including phenoxy) is 2. The Morgan fingerprint density at radius 1 is 1.38 bits per heavy atom. The van der Waals surface area contributed by atoms with Crippen molar-refractivity contribution >= 4 is 16.9 Å². The van der Waals surface area contributed by atoms with Crippen molar-refractivity contribution in [3.63, 3.8) is 0 Å². The zero-order valence-electron chi connectivity index (χ0n) is 13.7. The second-order valence-corrected chi connectivity index (χ2v) is 6.75. The fraction of sp³-hybridized carbons (Fsp3) is 0.474. The third-order valence-electron chi connectivity index (χ3n) is 5.35. The molecule has 1 aromatic heterocycles. The minimum atomic E-state index is -0.540. The van der Waals surface area contributed by atoms with Crippen LogP contribution in [0.15, 0.2) is 18.2 Å². The summed E-state index contributed by atoms with van der Waals surface area (Å²) in [6.07, 6.45) is 3.63. The molecule has 5 heteroatoms. The molecule has 2 aliphatic rings. The zero-order chi connectivity index (χ0) is 16.7. The van der Waals surface area contributed by atoms with Crippen LogP contribution in [0.1, 0.15) is 53.2 Å². The van der Waals surface area contributed by atoms with Gasteiger partial charge in [-0.25, -0.2) is 4.79 Å². The Kier molecular flexibility index (Phi) is 3.58. The van der Waals surface area contributed by atoms with Crippen molar-refractivity contribution in [2.24, 2.45) is 0 Å². The first-order valence-corrected chi connectivity index (χ1v) is 8.42. The SMILES string of the molecule is COC(=O)c1[nH]c2cc(C3CCOCC3)ccc2c1C1(C#N)CC1. The van der Waals surface area contributed by atoms with E-state index in [0.29, 0.717) is 11.6 Å². The van der Waals surface area contributed by atoms with Gasteiger partial charge in [-0.2, -0.15) is 5.26 Å². The molecule has 24 heavy (non-hydrogen) atoms. The highest BCUT2D eigenvalue weighted by atomic mass is 16.5. The molecule has 1 N–H and O–H groups in total. The number of rotatable bonds is 3. The fourth-order valence-corrected chi connectivity index (χ4v) is 3.79. The quantitative estimate of drug-likeness (QED) is 0.878. The minimum absolute atomic E-state index is 0.407. The van der Waals surface area contributed by atoms with Crippen molar-refractivity contribution in [2.75, 3.05) is 20.3 Å². The predicted molar refractivity (Wildman–Crippen MR) is 89.0 cm³/mol. The van der Waals surface area contributed by atoms with Gasteiger partial charge in [-0.1, -0.05) is 12.1 Å². The van der Waals surface area contributed by atoms with Crippen LogP contribution >= 0.6 is 0 Å². The zero-order valence-corrected chi connectivity index (χ0v) is 13.7. The molecule has 0 radical (unpaired) electrons. The molecule has 1 aliphatic heterocycles. The summed E-state index contributed by atoms with van der Waals surface area (Å²) in [6, 6.07) is 8.70. The molecule has 2 heterocycles. The Hall–Kier alpha value is -2.32. The summed E-state index contributed by atoms with van der Waals surface area (Å²) in [5.74, 6) is 0.0812. The number of aromatic nitrogens is 1. The first-order chi connectivity index (χ1) is 11.7. The van der Waals surface area contributed by atoms with E-state index >= 15 is 0 Å². The smallest absolute Gasteiger partial charge is 0.354 e. The molecule has 1 saturated heterocycles. The predicted octanol–water partition coefficient (Wildman–Crippen LogP) is 3.40. The molecule has 0 spiro atoms. The van der Waals surface area contributed by atoms with Crippen LogP contribution in [0.3, 0.4) is 0 Å². The fourth-order valence-electron chi connectivity index (χ4n) is 3.79. The third-order valence-corrected chi connectivity index (χ3v) is 5.35. The van der Waals surface area contributed by atoms with E-state index in [2.05, 4.69) is 29.3 Å². The summed E-state index contributed by atoms with van der Waals surface area (Å²) in [4.78, 5) is 15.4. The lowest BCUT2D eigenvalue weighted by Gasteiger charge is -2.22.